The highest BCUT2D eigenvalue weighted by Crippen LogP contribution is 2.26. The van der Waals surface area contributed by atoms with Crippen molar-refractivity contribution in [1.29, 1.82) is 0 Å². The largest absolute Gasteiger partial charge is 0.462 e. The zero-order chi connectivity index (χ0) is 15.6. The fourth-order valence-corrected chi connectivity index (χ4v) is 1.97. The Hall–Kier alpha value is -1.78. The maximum atomic E-state index is 10.7. The van der Waals surface area contributed by atoms with E-state index < -0.39 is 42.2 Å². The van der Waals surface area contributed by atoms with Gasteiger partial charge in [-0.05, 0) is 6.07 Å². The number of aliphatic hydroxyl groups excluding tert-OH is 4. The number of ether oxygens (including phenoxy) is 2. The van der Waals surface area contributed by atoms with Gasteiger partial charge in [0.2, 0.25) is 6.29 Å². The molecular formula is C12H15NO8. The highest BCUT2D eigenvalue weighted by Gasteiger charge is 2.44. The number of hydrogen-bond donors (Lipinski definition) is 4. The van der Waals surface area contributed by atoms with Crippen molar-refractivity contribution in [2.75, 3.05) is 6.61 Å². The van der Waals surface area contributed by atoms with Crippen LogP contribution < -0.4 is 4.74 Å². The number of rotatable bonds is 4. The number of hydrogen-bond acceptors (Lipinski definition) is 8. The molecular weight excluding hydrogens is 286 g/mol. The van der Waals surface area contributed by atoms with Gasteiger partial charge in [-0.25, -0.2) is 0 Å². The molecule has 0 bridgehead atoms. The predicted molar refractivity (Wildman–Crippen MR) is 67.5 cm³/mol. The van der Waals surface area contributed by atoms with Crippen molar-refractivity contribution in [1.82, 2.24) is 0 Å². The summed E-state index contributed by atoms with van der Waals surface area (Å²) in [6, 6.07) is 5.19. The summed E-state index contributed by atoms with van der Waals surface area (Å²) in [4.78, 5) is 10.1. The first-order chi connectivity index (χ1) is 9.93. The van der Waals surface area contributed by atoms with Crippen LogP contribution in [0, 0.1) is 10.1 Å². The van der Waals surface area contributed by atoms with Gasteiger partial charge in [0.05, 0.1) is 17.6 Å². The molecule has 0 radical (unpaired) electrons. The van der Waals surface area contributed by atoms with Crippen LogP contribution in [0.5, 0.6) is 5.75 Å². The quantitative estimate of drug-likeness (QED) is 0.400. The first-order valence-electron chi connectivity index (χ1n) is 6.15. The molecule has 116 valence electrons. The van der Waals surface area contributed by atoms with E-state index in [4.69, 9.17) is 14.6 Å². The average molecular weight is 301 g/mol. The van der Waals surface area contributed by atoms with E-state index in [9.17, 15) is 25.4 Å². The summed E-state index contributed by atoms with van der Waals surface area (Å²) in [5.74, 6) is 0.0496. The van der Waals surface area contributed by atoms with E-state index in [0.717, 1.165) is 6.07 Å². The molecule has 0 amide bonds. The van der Waals surface area contributed by atoms with Gasteiger partial charge < -0.3 is 29.9 Å². The van der Waals surface area contributed by atoms with Crippen LogP contribution in [0.25, 0.3) is 0 Å². The van der Waals surface area contributed by atoms with Crippen LogP contribution in [0.2, 0.25) is 0 Å². The second-order valence-electron chi connectivity index (χ2n) is 4.57. The van der Waals surface area contributed by atoms with Crippen LogP contribution in [-0.2, 0) is 4.74 Å². The van der Waals surface area contributed by atoms with Crippen LogP contribution in [0.4, 0.5) is 5.69 Å². The minimum Gasteiger partial charge on any atom is -0.462 e. The summed E-state index contributed by atoms with van der Waals surface area (Å²) >= 11 is 0. The zero-order valence-corrected chi connectivity index (χ0v) is 10.8. The molecule has 1 saturated heterocycles. The van der Waals surface area contributed by atoms with Gasteiger partial charge in [-0.2, -0.15) is 0 Å². The Morgan fingerprint density at radius 2 is 1.95 bits per heavy atom. The van der Waals surface area contributed by atoms with Crippen molar-refractivity contribution in [2.24, 2.45) is 0 Å². The molecule has 1 heterocycles. The molecule has 2 rings (SSSR count). The molecule has 0 aromatic heterocycles. The number of aliphatic hydroxyl groups is 4. The summed E-state index contributed by atoms with van der Waals surface area (Å²) in [6.07, 6.45) is -7.11. The molecule has 1 aliphatic heterocycles. The predicted octanol–water partition coefficient (Wildman–Crippen LogP) is -1.23. The third kappa shape index (κ3) is 3.28. The minimum atomic E-state index is -1.57. The maximum absolute atomic E-state index is 10.7. The Kier molecular flexibility index (Phi) is 4.70. The Morgan fingerprint density at radius 1 is 1.24 bits per heavy atom. The van der Waals surface area contributed by atoms with Crippen LogP contribution in [-0.4, -0.2) is 62.7 Å². The van der Waals surface area contributed by atoms with E-state index in [1.807, 2.05) is 0 Å². The normalized spacial score (nSPS) is 32.7. The van der Waals surface area contributed by atoms with Gasteiger partial charge >= 0.3 is 0 Å². The van der Waals surface area contributed by atoms with Gasteiger partial charge in [-0.1, -0.05) is 6.07 Å². The van der Waals surface area contributed by atoms with Gasteiger partial charge in [0.15, 0.2) is 0 Å². The molecule has 9 nitrogen and oxygen atoms in total. The summed E-state index contributed by atoms with van der Waals surface area (Å²) in [5.41, 5.74) is -0.211. The Labute approximate surface area is 119 Å². The Balaban J connectivity index is 2.14. The van der Waals surface area contributed by atoms with Gasteiger partial charge in [-0.15, -0.1) is 0 Å². The van der Waals surface area contributed by atoms with Gasteiger partial charge in [0.1, 0.15) is 30.2 Å². The standard InChI is InChI=1S/C12H15NO8/c14-5-8-9(15)10(16)11(17)12(21-8)20-7-3-1-2-6(4-7)13(18)19/h1-4,8-12,14-17H,5H2/t8-,9+,10+,11-,12+/m0/s1. The van der Waals surface area contributed by atoms with E-state index in [1.54, 1.807) is 0 Å². The smallest absolute Gasteiger partial charge is 0.273 e. The fourth-order valence-electron chi connectivity index (χ4n) is 1.97. The van der Waals surface area contributed by atoms with Crippen molar-refractivity contribution in [3.8, 4) is 5.75 Å². The lowest BCUT2D eigenvalue weighted by molar-refractivity contribution is -0.385. The summed E-state index contributed by atoms with van der Waals surface area (Å²) in [6.45, 7) is -0.584. The lowest BCUT2D eigenvalue weighted by atomic mass is 9.99. The van der Waals surface area contributed by atoms with E-state index in [2.05, 4.69) is 0 Å². The lowest BCUT2D eigenvalue weighted by Gasteiger charge is -2.39. The molecule has 1 fully saturated rings. The third-order valence-electron chi connectivity index (χ3n) is 3.13. The van der Waals surface area contributed by atoms with Crippen molar-refractivity contribution in [3.05, 3.63) is 34.4 Å². The Bertz CT molecular complexity index is 508. The number of benzene rings is 1. The molecule has 1 aromatic rings. The molecule has 0 spiro atoms. The van der Waals surface area contributed by atoms with Crippen LogP contribution in [0.1, 0.15) is 0 Å². The Morgan fingerprint density at radius 3 is 2.57 bits per heavy atom. The molecule has 21 heavy (non-hydrogen) atoms. The van der Waals surface area contributed by atoms with Crippen LogP contribution in [0.15, 0.2) is 24.3 Å². The highest BCUT2D eigenvalue weighted by atomic mass is 16.7. The number of nitrogens with zero attached hydrogens (tertiary/aromatic N) is 1. The lowest BCUT2D eigenvalue weighted by Crippen LogP contribution is -2.60. The molecule has 0 aliphatic carbocycles. The van der Waals surface area contributed by atoms with Crippen molar-refractivity contribution < 1.29 is 34.8 Å². The second-order valence-corrected chi connectivity index (χ2v) is 4.57. The van der Waals surface area contributed by atoms with Gasteiger partial charge in [-0.3, -0.25) is 10.1 Å². The van der Waals surface area contributed by atoms with E-state index >= 15 is 0 Å². The highest BCUT2D eigenvalue weighted by molar-refractivity contribution is 5.38. The van der Waals surface area contributed by atoms with Crippen LogP contribution >= 0.6 is 0 Å². The summed E-state index contributed by atoms with van der Waals surface area (Å²) in [5, 5.41) is 48.7. The molecule has 0 unspecified atom stereocenters. The second kappa shape index (κ2) is 6.33. The first kappa shape index (κ1) is 15.6. The van der Waals surface area contributed by atoms with Crippen molar-refractivity contribution in [3.63, 3.8) is 0 Å². The molecule has 1 aromatic carbocycles. The zero-order valence-electron chi connectivity index (χ0n) is 10.8. The average Bonchev–Trinajstić information content (AvgIpc) is 2.48. The summed E-state index contributed by atoms with van der Waals surface area (Å²) < 4.78 is 10.4. The van der Waals surface area contributed by atoms with E-state index in [0.29, 0.717) is 0 Å². The molecule has 0 saturated carbocycles. The number of nitro groups is 1. The number of non-ortho nitro benzene ring substituents is 1. The fraction of sp³-hybridized carbons (Fsp3) is 0.500. The molecule has 1 aliphatic rings. The molecule has 5 atom stereocenters. The van der Waals surface area contributed by atoms with Gasteiger partial charge in [0, 0.05) is 6.07 Å². The summed E-state index contributed by atoms with van der Waals surface area (Å²) in [7, 11) is 0. The van der Waals surface area contributed by atoms with E-state index in [-0.39, 0.29) is 11.4 Å². The van der Waals surface area contributed by atoms with E-state index in [1.165, 1.54) is 18.2 Å². The minimum absolute atomic E-state index is 0.0496. The molecule has 4 N–H and O–H groups in total. The van der Waals surface area contributed by atoms with Crippen molar-refractivity contribution >= 4 is 5.69 Å². The molecule has 9 heteroatoms. The van der Waals surface area contributed by atoms with Crippen LogP contribution in [0.3, 0.4) is 0 Å². The third-order valence-corrected chi connectivity index (χ3v) is 3.13. The first-order valence-corrected chi connectivity index (χ1v) is 6.15. The monoisotopic (exact) mass is 301 g/mol. The maximum Gasteiger partial charge on any atom is 0.273 e. The van der Waals surface area contributed by atoms with Gasteiger partial charge in [0.25, 0.3) is 5.69 Å². The van der Waals surface area contributed by atoms with Crippen molar-refractivity contribution in [2.45, 2.75) is 30.7 Å². The topological polar surface area (TPSA) is 143 Å². The SMILES string of the molecule is O=[N+]([O-])c1cccc(O[C@@H]2O[C@@H](CO)[C@@H](O)[C@@H](O)[C@@H]2O)c1. The number of nitro benzene ring substituents is 1.